The van der Waals surface area contributed by atoms with E-state index in [-0.39, 0.29) is 6.54 Å². The van der Waals surface area contributed by atoms with Gasteiger partial charge in [0.2, 0.25) is 0 Å². The van der Waals surface area contributed by atoms with Crippen molar-refractivity contribution in [2.45, 2.75) is 31.8 Å². The monoisotopic (exact) mass is 299 g/mol. The zero-order valence-corrected chi connectivity index (χ0v) is 11.6. The van der Waals surface area contributed by atoms with Crippen LogP contribution in [0.4, 0.5) is 0 Å². The third-order valence-corrected chi connectivity index (χ3v) is 4.19. The molecule has 0 heterocycles. The molecule has 3 nitrogen and oxygen atoms in total. The summed E-state index contributed by atoms with van der Waals surface area (Å²) < 4.78 is 6.39. The van der Waals surface area contributed by atoms with Crippen molar-refractivity contribution in [3.63, 3.8) is 0 Å². The number of fused-ring (bicyclic) bond motifs is 1. The molecule has 0 radical (unpaired) electrons. The Morgan fingerprint density at radius 2 is 2.18 bits per heavy atom. The molecule has 17 heavy (non-hydrogen) atoms. The number of halogens is 1. The molecule has 4 heteroatoms. The molecule has 0 saturated heterocycles. The highest BCUT2D eigenvalue weighted by molar-refractivity contribution is 9.10. The van der Waals surface area contributed by atoms with Gasteiger partial charge in [-0.1, -0.05) is 0 Å². The topological polar surface area (TPSA) is 55.5 Å². The standard InChI is InChI=1S/C13H18BrNO2/c1-17-13-10(11(16)7-15)6-8-4-2-3-5-9(8)12(13)14/h6,11,16H,2-5,7,15H2,1H3. The number of hydrogen-bond acceptors (Lipinski definition) is 3. The molecule has 0 bridgehead atoms. The van der Waals surface area contributed by atoms with Crippen LogP contribution in [0.5, 0.6) is 5.75 Å². The molecule has 1 aliphatic carbocycles. The highest BCUT2D eigenvalue weighted by Crippen LogP contribution is 2.40. The Morgan fingerprint density at radius 3 is 2.82 bits per heavy atom. The molecular formula is C13H18BrNO2. The molecule has 0 aliphatic heterocycles. The first-order chi connectivity index (χ1) is 8.19. The smallest absolute Gasteiger partial charge is 0.139 e. The van der Waals surface area contributed by atoms with Crippen molar-refractivity contribution >= 4 is 15.9 Å². The number of aliphatic hydroxyl groups excluding tert-OH is 1. The molecule has 2 rings (SSSR count). The van der Waals surface area contributed by atoms with E-state index in [1.165, 1.54) is 24.0 Å². The van der Waals surface area contributed by atoms with Gasteiger partial charge < -0.3 is 15.6 Å². The molecule has 1 aromatic carbocycles. The molecule has 3 N–H and O–H groups in total. The van der Waals surface area contributed by atoms with Gasteiger partial charge in [0.25, 0.3) is 0 Å². The Hall–Kier alpha value is -0.580. The van der Waals surface area contributed by atoms with Crippen molar-refractivity contribution in [1.29, 1.82) is 0 Å². The second-order valence-electron chi connectivity index (χ2n) is 4.41. The van der Waals surface area contributed by atoms with E-state index in [4.69, 9.17) is 10.5 Å². The normalized spacial score (nSPS) is 16.5. The molecule has 1 aliphatic rings. The lowest BCUT2D eigenvalue weighted by Gasteiger charge is -2.23. The Balaban J connectivity index is 2.55. The average molecular weight is 300 g/mol. The van der Waals surface area contributed by atoms with Crippen LogP contribution in [0, 0.1) is 0 Å². The van der Waals surface area contributed by atoms with E-state index in [2.05, 4.69) is 22.0 Å². The van der Waals surface area contributed by atoms with Crippen LogP contribution in [0.3, 0.4) is 0 Å². The van der Waals surface area contributed by atoms with E-state index < -0.39 is 6.10 Å². The summed E-state index contributed by atoms with van der Waals surface area (Å²) in [6, 6.07) is 2.05. The van der Waals surface area contributed by atoms with Crippen molar-refractivity contribution < 1.29 is 9.84 Å². The summed E-state index contributed by atoms with van der Waals surface area (Å²) in [4.78, 5) is 0. The van der Waals surface area contributed by atoms with Crippen molar-refractivity contribution in [2.24, 2.45) is 5.73 Å². The van der Waals surface area contributed by atoms with Gasteiger partial charge in [0.15, 0.2) is 0 Å². The largest absolute Gasteiger partial charge is 0.495 e. The summed E-state index contributed by atoms with van der Waals surface area (Å²) in [5.74, 6) is 0.726. The van der Waals surface area contributed by atoms with Crippen LogP contribution in [0.2, 0.25) is 0 Å². The van der Waals surface area contributed by atoms with Crippen LogP contribution in [-0.4, -0.2) is 18.8 Å². The molecule has 94 valence electrons. The molecule has 0 saturated carbocycles. The predicted octanol–water partition coefficient (Wildman–Crippen LogP) is 2.33. The van der Waals surface area contributed by atoms with E-state index in [1.54, 1.807) is 7.11 Å². The van der Waals surface area contributed by atoms with Crippen LogP contribution < -0.4 is 10.5 Å². The first-order valence-corrected chi connectivity index (χ1v) is 6.74. The van der Waals surface area contributed by atoms with Gasteiger partial charge in [-0.2, -0.15) is 0 Å². The fourth-order valence-corrected chi connectivity index (χ4v) is 3.28. The molecule has 1 atom stereocenters. The lowest BCUT2D eigenvalue weighted by molar-refractivity contribution is 0.181. The lowest BCUT2D eigenvalue weighted by Crippen LogP contribution is -2.15. The summed E-state index contributed by atoms with van der Waals surface area (Å²) in [5.41, 5.74) is 8.96. The quantitative estimate of drug-likeness (QED) is 0.901. The number of ether oxygens (including phenoxy) is 1. The van der Waals surface area contributed by atoms with Crippen LogP contribution in [0.15, 0.2) is 10.5 Å². The summed E-state index contributed by atoms with van der Waals surface area (Å²) in [7, 11) is 1.63. The highest BCUT2D eigenvalue weighted by Gasteiger charge is 2.22. The van der Waals surface area contributed by atoms with Gasteiger partial charge in [0.05, 0.1) is 17.7 Å². The minimum absolute atomic E-state index is 0.210. The molecule has 0 fully saturated rings. The molecular weight excluding hydrogens is 282 g/mol. The molecule has 0 amide bonds. The second-order valence-corrected chi connectivity index (χ2v) is 5.20. The fraction of sp³-hybridized carbons (Fsp3) is 0.538. The highest BCUT2D eigenvalue weighted by atomic mass is 79.9. The molecule has 0 aromatic heterocycles. The molecule has 1 unspecified atom stereocenters. The third kappa shape index (κ3) is 2.34. The number of aryl methyl sites for hydroxylation is 1. The second kappa shape index (κ2) is 5.38. The number of benzene rings is 1. The maximum absolute atomic E-state index is 9.94. The summed E-state index contributed by atoms with van der Waals surface area (Å²) in [6.45, 7) is 0.210. The summed E-state index contributed by atoms with van der Waals surface area (Å²) in [5, 5.41) is 9.94. The Bertz CT molecular complexity index is 420. The van der Waals surface area contributed by atoms with Gasteiger partial charge in [0.1, 0.15) is 5.75 Å². The average Bonchev–Trinajstić information content (AvgIpc) is 2.37. The Morgan fingerprint density at radius 1 is 1.47 bits per heavy atom. The number of aliphatic hydroxyl groups is 1. The first-order valence-electron chi connectivity index (χ1n) is 5.95. The SMILES string of the molecule is COc1c(C(O)CN)cc2c(c1Br)CCCC2. The van der Waals surface area contributed by atoms with Gasteiger partial charge in [-0.3, -0.25) is 0 Å². The van der Waals surface area contributed by atoms with Crippen molar-refractivity contribution in [3.8, 4) is 5.75 Å². The zero-order chi connectivity index (χ0) is 12.4. The Labute approximate surface area is 110 Å². The van der Waals surface area contributed by atoms with Gasteiger partial charge in [-0.25, -0.2) is 0 Å². The van der Waals surface area contributed by atoms with E-state index in [0.29, 0.717) is 0 Å². The predicted molar refractivity (Wildman–Crippen MR) is 71.4 cm³/mol. The van der Waals surface area contributed by atoms with Crippen molar-refractivity contribution in [1.82, 2.24) is 0 Å². The fourth-order valence-electron chi connectivity index (χ4n) is 2.44. The van der Waals surface area contributed by atoms with Crippen molar-refractivity contribution in [3.05, 3.63) is 27.2 Å². The maximum Gasteiger partial charge on any atom is 0.139 e. The van der Waals surface area contributed by atoms with Crippen LogP contribution in [0.1, 0.15) is 35.6 Å². The van der Waals surface area contributed by atoms with E-state index in [9.17, 15) is 5.11 Å². The van der Waals surface area contributed by atoms with Gasteiger partial charge in [-0.15, -0.1) is 0 Å². The number of rotatable bonds is 3. The number of nitrogens with two attached hydrogens (primary N) is 1. The third-order valence-electron chi connectivity index (χ3n) is 3.35. The maximum atomic E-state index is 9.94. The summed E-state index contributed by atoms with van der Waals surface area (Å²) in [6.07, 6.45) is 3.92. The summed E-state index contributed by atoms with van der Waals surface area (Å²) >= 11 is 3.60. The number of methoxy groups -OCH3 is 1. The molecule has 1 aromatic rings. The minimum Gasteiger partial charge on any atom is -0.495 e. The van der Waals surface area contributed by atoms with E-state index >= 15 is 0 Å². The zero-order valence-electron chi connectivity index (χ0n) is 10.0. The van der Waals surface area contributed by atoms with E-state index in [0.717, 1.165) is 28.6 Å². The molecule has 0 spiro atoms. The number of hydrogen-bond donors (Lipinski definition) is 2. The van der Waals surface area contributed by atoms with Crippen LogP contribution in [-0.2, 0) is 12.8 Å². The van der Waals surface area contributed by atoms with Gasteiger partial charge in [0, 0.05) is 12.1 Å². The van der Waals surface area contributed by atoms with Gasteiger partial charge in [-0.05, 0) is 58.8 Å². The van der Waals surface area contributed by atoms with E-state index in [1.807, 2.05) is 0 Å². The lowest BCUT2D eigenvalue weighted by atomic mass is 9.89. The first kappa shape index (κ1) is 12.9. The Kier molecular flexibility index (Phi) is 4.07. The van der Waals surface area contributed by atoms with Crippen LogP contribution in [0.25, 0.3) is 0 Å². The van der Waals surface area contributed by atoms with Crippen molar-refractivity contribution in [2.75, 3.05) is 13.7 Å². The van der Waals surface area contributed by atoms with Crippen LogP contribution >= 0.6 is 15.9 Å². The van der Waals surface area contributed by atoms with Gasteiger partial charge >= 0.3 is 0 Å². The minimum atomic E-state index is -0.659.